The molecule has 0 aliphatic rings. The summed E-state index contributed by atoms with van der Waals surface area (Å²) in [6.07, 6.45) is 2.37. The van der Waals surface area contributed by atoms with Gasteiger partial charge in [0.05, 0.1) is 11.0 Å². The number of aryl methyl sites for hydroxylation is 2. The average molecular weight is 220 g/mol. The number of fused-ring (bicyclic) bond motifs is 1. The van der Waals surface area contributed by atoms with Crippen molar-refractivity contribution >= 4 is 23.3 Å². The van der Waals surface area contributed by atoms with Crippen LogP contribution in [0.1, 0.15) is 25.3 Å². The highest BCUT2D eigenvalue weighted by molar-refractivity contribution is 7.71. The van der Waals surface area contributed by atoms with Crippen LogP contribution in [0, 0.1) is 11.7 Å². The third kappa shape index (κ3) is 1.97. The maximum Gasteiger partial charge on any atom is 0.178 e. The van der Waals surface area contributed by atoms with Gasteiger partial charge in [0.25, 0.3) is 0 Å². The van der Waals surface area contributed by atoms with Gasteiger partial charge in [-0.05, 0) is 43.3 Å². The molecule has 0 atom stereocenters. The molecule has 2 aromatic rings. The Morgan fingerprint density at radius 3 is 2.93 bits per heavy atom. The van der Waals surface area contributed by atoms with E-state index < -0.39 is 0 Å². The van der Waals surface area contributed by atoms with Crippen LogP contribution in [0.5, 0.6) is 0 Å². The van der Waals surface area contributed by atoms with Crippen molar-refractivity contribution in [3.63, 3.8) is 0 Å². The lowest BCUT2D eigenvalue weighted by molar-refractivity contribution is 0.639. The summed E-state index contributed by atoms with van der Waals surface area (Å²) in [6.45, 7) is 5.31. The Morgan fingerprint density at radius 2 is 2.20 bits per heavy atom. The summed E-state index contributed by atoms with van der Waals surface area (Å²) < 4.78 is 3.03. The molecule has 0 amide bonds. The second-order valence-electron chi connectivity index (χ2n) is 3.96. The molecule has 0 saturated carbocycles. The molecule has 80 valence electrons. The molecule has 2 rings (SSSR count). The van der Waals surface area contributed by atoms with Gasteiger partial charge in [0.1, 0.15) is 0 Å². The van der Waals surface area contributed by atoms with Gasteiger partial charge in [-0.15, -0.1) is 0 Å². The van der Waals surface area contributed by atoms with Crippen LogP contribution in [0.3, 0.4) is 0 Å². The van der Waals surface area contributed by atoms with Crippen molar-refractivity contribution in [3.05, 3.63) is 28.5 Å². The van der Waals surface area contributed by atoms with E-state index in [0.29, 0.717) is 0 Å². The first kappa shape index (κ1) is 10.4. The summed E-state index contributed by atoms with van der Waals surface area (Å²) in [6, 6.07) is 6.42. The number of hydrogen-bond donors (Lipinski definition) is 1. The number of benzene rings is 1. The van der Waals surface area contributed by atoms with Gasteiger partial charge in [-0.25, -0.2) is 0 Å². The number of aromatic nitrogens is 2. The Labute approximate surface area is 94.9 Å². The van der Waals surface area contributed by atoms with E-state index in [1.165, 1.54) is 23.9 Å². The number of imidazole rings is 1. The van der Waals surface area contributed by atoms with Gasteiger partial charge in [0.15, 0.2) is 4.77 Å². The van der Waals surface area contributed by atoms with Gasteiger partial charge < -0.3 is 9.55 Å². The Balaban J connectivity index is 2.53. The summed E-state index contributed by atoms with van der Waals surface area (Å²) >= 11 is 5.32. The van der Waals surface area contributed by atoms with Crippen LogP contribution in [-0.2, 0) is 6.54 Å². The molecule has 0 aliphatic carbocycles. The fourth-order valence-corrected chi connectivity index (χ4v) is 2.12. The SMILES string of the molecule is CCCCn1c(=S)[nH]c2cc(C)ccc21. The zero-order valence-corrected chi connectivity index (χ0v) is 10.0. The Morgan fingerprint density at radius 1 is 1.40 bits per heavy atom. The van der Waals surface area contributed by atoms with Crippen molar-refractivity contribution < 1.29 is 0 Å². The summed E-state index contributed by atoms with van der Waals surface area (Å²) in [5, 5.41) is 0. The normalized spacial score (nSPS) is 11.1. The number of rotatable bonds is 3. The number of unbranched alkanes of at least 4 members (excludes halogenated alkanes) is 1. The molecule has 1 aromatic carbocycles. The average Bonchev–Trinajstić information content (AvgIpc) is 2.50. The third-order valence-corrected chi connectivity index (χ3v) is 2.99. The minimum absolute atomic E-state index is 0.837. The second-order valence-corrected chi connectivity index (χ2v) is 4.34. The molecule has 0 aliphatic heterocycles. The van der Waals surface area contributed by atoms with Crippen LogP contribution in [0.15, 0.2) is 18.2 Å². The molecule has 3 heteroatoms. The van der Waals surface area contributed by atoms with Crippen LogP contribution in [0.2, 0.25) is 0 Å². The number of nitrogens with zero attached hydrogens (tertiary/aromatic N) is 1. The zero-order valence-electron chi connectivity index (χ0n) is 9.21. The van der Waals surface area contributed by atoms with Crippen LogP contribution < -0.4 is 0 Å². The highest BCUT2D eigenvalue weighted by Crippen LogP contribution is 2.16. The lowest BCUT2D eigenvalue weighted by Gasteiger charge is -2.02. The molecule has 1 N–H and O–H groups in total. The maximum absolute atomic E-state index is 5.32. The van der Waals surface area contributed by atoms with E-state index in [1.807, 2.05) is 0 Å². The van der Waals surface area contributed by atoms with E-state index in [2.05, 4.69) is 41.6 Å². The molecule has 1 heterocycles. The number of hydrogen-bond acceptors (Lipinski definition) is 1. The summed E-state index contributed by atoms with van der Waals surface area (Å²) in [7, 11) is 0. The molecular weight excluding hydrogens is 204 g/mol. The molecule has 0 radical (unpaired) electrons. The molecule has 1 aromatic heterocycles. The first-order chi connectivity index (χ1) is 7.22. The van der Waals surface area contributed by atoms with Crippen LogP contribution in [0.25, 0.3) is 11.0 Å². The lowest BCUT2D eigenvalue weighted by atomic mass is 10.2. The number of nitrogens with one attached hydrogen (secondary N) is 1. The third-order valence-electron chi connectivity index (χ3n) is 2.66. The van der Waals surface area contributed by atoms with Crippen molar-refractivity contribution in [2.24, 2.45) is 0 Å². The Hall–Kier alpha value is -1.09. The van der Waals surface area contributed by atoms with Crippen molar-refractivity contribution in [3.8, 4) is 0 Å². The van der Waals surface area contributed by atoms with Gasteiger partial charge in [-0.2, -0.15) is 0 Å². The van der Waals surface area contributed by atoms with E-state index in [1.54, 1.807) is 0 Å². The predicted molar refractivity (Wildman–Crippen MR) is 66.8 cm³/mol. The topological polar surface area (TPSA) is 20.7 Å². The Bertz CT molecular complexity index is 522. The van der Waals surface area contributed by atoms with E-state index in [9.17, 15) is 0 Å². The van der Waals surface area contributed by atoms with Gasteiger partial charge in [-0.3, -0.25) is 0 Å². The van der Waals surface area contributed by atoms with Crippen LogP contribution in [0.4, 0.5) is 0 Å². The van der Waals surface area contributed by atoms with Gasteiger partial charge in [0.2, 0.25) is 0 Å². The fraction of sp³-hybridized carbons (Fsp3) is 0.417. The standard InChI is InChI=1S/C12H16N2S/c1-3-4-7-14-11-6-5-9(2)8-10(11)13-12(14)15/h5-6,8H,3-4,7H2,1-2H3,(H,13,15). The summed E-state index contributed by atoms with van der Waals surface area (Å²) in [5.74, 6) is 0. The second kappa shape index (κ2) is 4.19. The highest BCUT2D eigenvalue weighted by atomic mass is 32.1. The molecule has 2 nitrogen and oxygen atoms in total. The van der Waals surface area contributed by atoms with Crippen molar-refractivity contribution in [2.75, 3.05) is 0 Å². The minimum atomic E-state index is 0.837. The summed E-state index contributed by atoms with van der Waals surface area (Å²) in [5.41, 5.74) is 3.64. The molecule has 0 fully saturated rings. The summed E-state index contributed by atoms with van der Waals surface area (Å²) in [4.78, 5) is 3.25. The molecule has 0 unspecified atom stereocenters. The van der Waals surface area contributed by atoms with Gasteiger partial charge in [-0.1, -0.05) is 19.4 Å². The molecular formula is C12H16N2S. The zero-order chi connectivity index (χ0) is 10.8. The van der Waals surface area contributed by atoms with Crippen molar-refractivity contribution in [1.29, 1.82) is 0 Å². The molecule has 0 bridgehead atoms. The van der Waals surface area contributed by atoms with Gasteiger partial charge >= 0.3 is 0 Å². The number of aromatic amines is 1. The first-order valence-electron chi connectivity index (χ1n) is 5.41. The minimum Gasteiger partial charge on any atom is -0.331 e. The highest BCUT2D eigenvalue weighted by Gasteiger charge is 2.03. The smallest absolute Gasteiger partial charge is 0.178 e. The van der Waals surface area contributed by atoms with Gasteiger partial charge in [0, 0.05) is 6.54 Å². The molecule has 0 spiro atoms. The van der Waals surface area contributed by atoms with Crippen molar-refractivity contribution in [2.45, 2.75) is 33.2 Å². The largest absolute Gasteiger partial charge is 0.331 e. The Kier molecular flexibility index (Phi) is 2.91. The predicted octanol–water partition coefficient (Wildman–Crippen LogP) is 3.81. The van der Waals surface area contributed by atoms with E-state index in [4.69, 9.17) is 12.2 Å². The van der Waals surface area contributed by atoms with Crippen molar-refractivity contribution in [1.82, 2.24) is 9.55 Å². The van der Waals surface area contributed by atoms with Crippen LogP contribution in [-0.4, -0.2) is 9.55 Å². The number of H-pyrrole nitrogens is 1. The first-order valence-corrected chi connectivity index (χ1v) is 5.82. The quantitative estimate of drug-likeness (QED) is 0.780. The van der Waals surface area contributed by atoms with Crippen LogP contribution >= 0.6 is 12.2 Å². The molecule has 15 heavy (non-hydrogen) atoms. The van der Waals surface area contributed by atoms with E-state index in [-0.39, 0.29) is 0 Å². The monoisotopic (exact) mass is 220 g/mol. The molecule has 0 saturated heterocycles. The fourth-order valence-electron chi connectivity index (χ4n) is 1.82. The van der Waals surface area contributed by atoms with E-state index >= 15 is 0 Å². The lowest BCUT2D eigenvalue weighted by Crippen LogP contribution is -1.96. The van der Waals surface area contributed by atoms with E-state index in [0.717, 1.165) is 16.8 Å². The maximum atomic E-state index is 5.32.